The highest BCUT2D eigenvalue weighted by Crippen LogP contribution is 2.13. The van der Waals surface area contributed by atoms with Crippen molar-refractivity contribution in [2.75, 3.05) is 14.2 Å². The molecule has 0 saturated carbocycles. The van der Waals surface area contributed by atoms with E-state index in [4.69, 9.17) is 4.74 Å². The highest BCUT2D eigenvalue weighted by Gasteiger charge is 2.02. The Bertz CT molecular complexity index is 436. The lowest BCUT2D eigenvalue weighted by atomic mass is 10.4. The van der Waals surface area contributed by atoms with Crippen LogP contribution < -0.4 is 10.1 Å². The topological polar surface area (TPSA) is 38.6 Å². The number of pyridine rings is 1. The van der Waals surface area contributed by atoms with Gasteiger partial charge in [-0.05, 0) is 19.2 Å². The number of fused-ring (bicyclic) bond motifs is 1. The summed E-state index contributed by atoms with van der Waals surface area (Å²) < 4.78 is 7.18. The fourth-order valence-electron chi connectivity index (χ4n) is 1.44. The highest BCUT2D eigenvalue weighted by atomic mass is 16.5. The summed E-state index contributed by atoms with van der Waals surface area (Å²) in [4.78, 5) is 4.28. The van der Waals surface area contributed by atoms with E-state index in [9.17, 15) is 0 Å². The minimum atomic E-state index is 0.800. The molecule has 1 N–H and O–H groups in total. The van der Waals surface area contributed by atoms with E-state index in [1.807, 2.05) is 36.0 Å². The molecule has 0 aliphatic heterocycles. The molecule has 0 aliphatic carbocycles. The number of ether oxygens (including phenoxy) is 1. The molecule has 4 nitrogen and oxygen atoms in total. The van der Waals surface area contributed by atoms with Crippen molar-refractivity contribution < 1.29 is 4.74 Å². The normalized spacial score (nSPS) is 10.7. The van der Waals surface area contributed by atoms with Gasteiger partial charge in [0.25, 0.3) is 0 Å². The number of nitrogens with zero attached hydrogens (tertiary/aromatic N) is 2. The molecule has 0 amide bonds. The number of methoxy groups -OCH3 is 1. The van der Waals surface area contributed by atoms with E-state index < -0.39 is 0 Å². The molecule has 2 aromatic heterocycles. The lowest BCUT2D eigenvalue weighted by molar-refractivity contribution is 0.412. The van der Waals surface area contributed by atoms with Gasteiger partial charge in [-0.2, -0.15) is 0 Å². The number of rotatable bonds is 3. The van der Waals surface area contributed by atoms with Gasteiger partial charge < -0.3 is 10.1 Å². The molecule has 2 heterocycles. The maximum atomic E-state index is 5.16. The first-order valence-electron chi connectivity index (χ1n) is 4.49. The van der Waals surface area contributed by atoms with Crippen molar-refractivity contribution in [3.63, 3.8) is 0 Å². The van der Waals surface area contributed by atoms with Crippen LogP contribution in [0.15, 0.2) is 24.5 Å². The molecular weight excluding hydrogens is 178 g/mol. The van der Waals surface area contributed by atoms with E-state index in [1.54, 1.807) is 7.11 Å². The predicted octanol–water partition coefficient (Wildman–Crippen LogP) is 1.06. The molecule has 4 heteroatoms. The Morgan fingerprint density at radius 3 is 3.07 bits per heavy atom. The second-order valence-corrected chi connectivity index (χ2v) is 3.08. The van der Waals surface area contributed by atoms with Crippen LogP contribution in [0.5, 0.6) is 5.75 Å². The molecular formula is C10H13N3O. The van der Waals surface area contributed by atoms with Crippen molar-refractivity contribution in [1.82, 2.24) is 14.7 Å². The van der Waals surface area contributed by atoms with Crippen LogP contribution in [0.25, 0.3) is 5.65 Å². The SMILES string of the molecule is CNCc1cnc2ccc(OC)cn12. The maximum Gasteiger partial charge on any atom is 0.137 e. The van der Waals surface area contributed by atoms with E-state index in [0.29, 0.717) is 0 Å². The Labute approximate surface area is 82.5 Å². The Hall–Kier alpha value is -1.55. The number of nitrogens with one attached hydrogen (secondary N) is 1. The monoisotopic (exact) mass is 191 g/mol. The van der Waals surface area contributed by atoms with Crippen molar-refractivity contribution in [3.8, 4) is 5.75 Å². The third kappa shape index (κ3) is 1.44. The Morgan fingerprint density at radius 1 is 1.50 bits per heavy atom. The zero-order chi connectivity index (χ0) is 9.97. The number of imidazole rings is 1. The second-order valence-electron chi connectivity index (χ2n) is 3.08. The van der Waals surface area contributed by atoms with Gasteiger partial charge in [0.1, 0.15) is 11.4 Å². The minimum Gasteiger partial charge on any atom is -0.495 e. The van der Waals surface area contributed by atoms with Gasteiger partial charge in [-0.15, -0.1) is 0 Å². The lowest BCUT2D eigenvalue weighted by Crippen LogP contribution is -2.07. The molecule has 0 aliphatic rings. The molecule has 74 valence electrons. The summed E-state index contributed by atoms with van der Waals surface area (Å²) in [6.45, 7) is 0.800. The Kier molecular flexibility index (Phi) is 2.37. The number of hydrogen-bond acceptors (Lipinski definition) is 3. The molecule has 0 spiro atoms. The smallest absolute Gasteiger partial charge is 0.137 e. The van der Waals surface area contributed by atoms with E-state index in [-0.39, 0.29) is 0 Å². The minimum absolute atomic E-state index is 0.800. The average molecular weight is 191 g/mol. The van der Waals surface area contributed by atoms with Crippen LogP contribution in [0, 0.1) is 0 Å². The number of aromatic nitrogens is 2. The second kappa shape index (κ2) is 3.67. The zero-order valence-corrected chi connectivity index (χ0v) is 8.32. The van der Waals surface area contributed by atoms with Crippen LogP contribution >= 0.6 is 0 Å². The standard InChI is InChI=1S/C10H13N3O/c1-11-5-8-6-12-10-4-3-9(14-2)7-13(8)10/h3-4,6-7,11H,5H2,1-2H3. The van der Waals surface area contributed by atoms with Crippen molar-refractivity contribution in [3.05, 3.63) is 30.2 Å². The van der Waals surface area contributed by atoms with Crippen molar-refractivity contribution in [2.24, 2.45) is 0 Å². The molecule has 0 radical (unpaired) electrons. The third-order valence-electron chi connectivity index (χ3n) is 2.15. The largest absolute Gasteiger partial charge is 0.495 e. The van der Waals surface area contributed by atoms with Gasteiger partial charge >= 0.3 is 0 Å². The fourth-order valence-corrected chi connectivity index (χ4v) is 1.44. The molecule has 2 aromatic rings. The number of hydrogen-bond donors (Lipinski definition) is 1. The molecule has 0 bridgehead atoms. The van der Waals surface area contributed by atoms with Crippen LogP contribution in [-0.4, -0.2) is 23.5 Å². The van der Waals surface area contributed by atoms with Gasteiger partial charge in [0.2, 0.25) is 0 Å². The molecule has 0 aromatic carbocycles. The Morgan fingerprint density at radius 2 is 2.36 bits per heavy atom. The van der Waals surface area contributed by atoms with Gasteiger partial charge in [0.15, 0.2) is 0 Å². The van der Waals surface area contributed by atoms with Crippen LogP contribution in [-0.2, 0) is 6.54 Å². The molecule has 2 rings (SSSR count). The Balaban J connectivity index is 2.52. The first kappa shape index (κ1) is 9.02. The third-order valence-corrected chi connectivity index (χ3v) is 2.15. The average Bonchev–Trinajstić information content (AvgIpc) is 2.61. The summed E-state index contributed by atoms with van der Waals surface area (Å²) in [6.07, 6.45) is 3.81. The predicted molar refractivity (Wildman–Crippen MR) is 54.5 cm³/mol. The van der Waals surface area contributed by atoms with Crippen LogP contribution in [0.3, 0.4) is 0 Å². The zero-order valence-electron chi connectivity index (χ0n) is 8.32. The molecule has 0 unspecified atom stereocenters. The van der Waals surface area contributed by atoms with E-state index in [1.165, 1.54) is 0 Å². The van der Waals surface area contributed by atoms with Gasteiger partial charge in [0, 0.05) is 6.54 Å². The summed E-state index contributed by atoms with van der Waals surface area (Å²) in [5.74, 6) is 0.841. The maximum absolute atomic E-state index is 5.16. The quantitative estimate of drug-likeness (QED) is 0.788. The van der Waals surface area contributed by atoms with Crippen LogP contribution in [0.2, 0.25) is 0 Å². The first-order valence-corrected chi connectivity index (χ1v) is 4.49. The van der Waals surface area contributed by atoms with Crippen LogP contribution in [0.4, 0.5) is 0 Å². The van der Waals surface area contributed by atoms with Crippen LogP contribution in [0.1, 0.15) is 5.69 Å². The van der Waals surface area contributed by atoms with E-state index in [0.717, 1.165) is 23.6 Å². The van der Waals surface area contributed by atoms with E-state index >= 15 is 0 Å². The molecule has 14 heavy (non-hydrogen) atoms. The fraction of sp³-hybridized carbons (Fsp3) is 0.300. The van der Waals surface area contributed by atoms with Crippen molar-refractivity contribution >= 4 is 5.65 Å². The first-order chi connectivity index (χ1) is 6.85. The van der Waals surface area contributed by atoms with Gasteiger partial charge in [-0.3, -0.25) is 4.40 Å². The van der Waals surface area contributed by atoms with E-state index in [2.05, 4.69) is 10.3 Å². The van der Waals surface area contributed by atoms with Crippen molar-refractivity contribution in [1.29, 1.82) is 0 Å². The van der Waals surface area contributed by atoms with Gasteiger partial charge in [-0.25, -0.2) is 4.98 Å². The molecule has 0 saturated heterocycles. The summed E-state index contributed by atoms with van der Waals surface area (Å²) in [6, 6.07) is 3.85. The van der Waals surface area contributed by atoms with Crippen molar-refractivity contribution in [2.45, 2.75) is 6.54 Å². The molecule has 0 atom stereocenters. The highest BCUT2D eigenvalue weighted by molar-refractivity contribution is 5.43. The molecule has 0 fully saturated rings. The summed E-state index contributed by atoms with van der Waals surface area (Å²) in [7, 11) is 3.58. The van der Waals surface area contributed by atoms with Gasteiger partial charge in [-0.1, -0.05) is 0 Å². The van der Waals surface area contributed by atoms with Gasteiger partial charge in [0.05, 0.1) is 25.2 Å². The summed E-state index contributed by atoms with van der Waals surface area (Å²) in [5.41, 5.74) is 2.07. The lowest BCUT2D eigenvalue weighted by Gasteiger charge is -2.03. The summed E-state index contributed by atoms with van der Waals surface area (Å²) in [5, 5.41) is 3.10. The summed E-state index contributed by atoms with van der Waals surface area (Å²) >= 11 is 0.